The van der Waals surface area contributed by atoms with E-state index in [-0.39, 0.29) is 12.3 Å². The van der Waals surface area contributed by atoms with Crippen LogP contribution in [-0.4, -0.2) is 21.6 Å². The first-order valence-corrected chi connectivity index (χ1v) is 6.49. The van der Waals surface area contributed by atoms with E-state index in [1.165, 1.54) is 11.3 Å². The highest BCUT2D eigenvalue weighted by Crippen LogP contribution is 2.18. The van der Waals surface area contributed by atoms with Crippen LogP contribution in [0, 0.1) is 5.92 Å². The highest BCUT2D eigenvalue weighted by molar-refractivity contribution is 7.15. The fourth-order valence-electron chi connectivity index (χ4n) is 1.31. The molecule has 1 heterocycles. The Morgan fingerprint density at radius 1 is 1.47 bits per heavy atom. The highest BCUT2D eigenvalue weighted by atomic mass is 32.1. The monoisotopic (exact) mass is 256 g/mol. The van der Waals surface area contributed by atoms with Gasteiger partial charge in [0.15, 0.2) is 0 Å². The Morgan fingerprint density at radius 3 is 2.65 bits per heavy atom. The summed E-state index contributed by atoms with van der Waals surface area (Å²) >= 11 is 1.42. The zero-order valence-corrected chi connectivity index (χ0v) is 11.6. The van der Waals surface area contributed by atoms with Gasteiger partial charge >= 0.3 is 0 Å². The van der Waals surface area contributed by atoms with Gasteiger partial charge in [0.1, 0.15) is 5.01 Å². The Kier molecular flexibility index (Phi) is 4.59. The maximum Gasteiger partial charge on any atom is 0.228 e. The number of aromatic nitrogens is 2. The van der Waals surface area contributed by atoms with Crippen molar-refractivity contribution < 1.29 is 4.79 Å². The van der Waals surface area contributed by atoms with Gasteiger partial charge in [-0.3, -0.25) is 4.79 Å². The van der Waals surface area contributed by atoms with Crippen LogP contribution in [0.2, 0.25) is 0 Å². The molecule has 1 aromatic heterocycles. The van der Waals surface area contributed by atoms with Crippen molar-refractivity contribution in [2.75, 3.05) is 5.32 Å². The average molecular weight is 256 g/mol. The van der Waals surface area contributed by atoms with Crippen molar-refractivity contribution in [3.05, 3.63) is 5.01 Å². The van der Waals surface area contributed by atoms with Gasteiger partial charge in [0, 0.05) is 18.4 Å². The van der Waals surface area contributed by atoms with Gasteiger partial charge in [-0.15, -0.1) is 10.2 Å². The number of carbonyl (C=O) groups excluding carboxylic acids is 1. The van der Waals surface area contributed by atoms with Crippen LogP contribution in [0.25, 0.3) is 0 Å². The largest absolute Gasteiger partial charge is 0.325 e. The molecule has 0 aliphatic rings. The fourth-order valence-corrected chi connectivity index (χ4v) is 2.28. The van der Waals surface area contributed by atoms with Crippen LogP contribution in [0.5, 0.6) is 0 Å². The number of hydrogen-bond acceptors (Lipinski definition) is 5. The summed E-state index contributed by atoms with van der Waals surface area (Å²) in [5, 5.41) is 12.2. The van der Waals surface area contributed by atoms with Crippen LogP contribution in [0.1, 0.15) is 39.1 Å². The van der Waals surface area contributed by atoms with Crippen molar-refractivity contribution in [1.82, 2.24) is 10.2 Å². The van der Waals surface area contributed by atoms with Gasteiger partial charge in [-0.05, 0) is 19.8 Å². The number of carbonyl (C=O) groups is 1. The van der Waals surface area contributed by atoms with Crippen LogP contribution in [0.3, 0.4) is 0 Å². The maximum atomic E-state index is 11.6. The molecule has 0 saturated carbocycles. The molecule has 1 rings (SSSR count). The Hall–Kier alpha value is -1.01. The summed E-state index contributed by atoms with van der Waals surface area (Å²) in [4.78, 5) is 11.6. The second-order valence-corrected chi connectivity index (χ2v) is 6.37. The zero-order chi connectivity index (χ0) is 13.1. The SMILES string of the molecule is CC(C)Cc1nnc(NC(=O)CC(C)(C)N)s1. The van der Waals surface area contributed by atoms with Crippen molar-refractivity contribution in [2.45, 2.75) is 46.1 Å². The predicted molar refractivity (Wildman–Crippen MR) is 70.0 cm³/mol. The third-order valence-corrected chi connectivity index (χ3v) is 2.77. The number of rotatable bonds is 5. The lowest BCUT2D eigenvalue weighted by Crippen LogP contribution is -2.36. The molecule has 6 heteroatoms. The lowest BCUT2D eigenvalue weighted by Gasteiger charge is -2.16. The van der Waals surface area contributed by atoms with Crippen LogP contribution in [0.15, 0.2) is 0 Å². The molecule has 0 aromatic carbocycles. The van der Waals surface area contributed by atoms with Crippen LogP contribution in [-0.2, 0) is 11.2 Å². The first kappa shape index (κ1) is 14.1. The Morgan fingerprint density at radius 2 is 2.12 bits per heavy atom. The maximum absolute atomic E-state index is 11.6. The normalized spacial score (nSPS) is 11.9. The molecule has 1 aromatic rings. The Labute approximate surface area is 106 Å². The van der Waals surface area contributed by atoms with Crippen molar-refractivity contribution in [2.24, 2.45) is 11.7 Å². The molecule has 0 fully saturated rings. The number of nitrogens with zero attached hydrogens (tertiary/aromatic N) is 2. The molecule has 96 valence electrons. The highest BCUT2D eigenvalue weighted by Gasteiger charge is 2.17. The smallest absolute Gasteiger partial charge is 0.228 e. The van der Waals surface area contributed by atoms with Gasteiger partial charge in [0.25, 0.3) is 0 Å². The molecule has 0 unspecified atom stereocenters. The minimum Gasteiger partial charge on any atom is -0.325 e. The number of nitrogens with two attached hydrogens (primary N) is 1. The van der Waals surface area contributed by atoms with E-state index in [0.717, 1.165) is 11.4 Å². The van der Waals surface area contributed by atoms with E-state index < -0.39 is 5.54 Å². The first-order chi connectivity index (χ1) is 7.76. The van der Waals surface area contributed by atoms with E-state index in [1.807, 2.05) is 13.8 Å². The molecule has 0 bridgehead atoms. The van der Waals surface area contributed by atoms with E-state index in [2.05, 4.69) is 29.4 Å². The van der Waals surface area contributed by atoms with E-state index in [1.54, 1.807) is 0 Å². The third-order valence-electron chi connectivity index (χ3n) is 1.91. The zero-order valence-electron chi connectivity index (χ0n) is 10.8. The van der Waals surface area contributed by atoms with Gasteiger partial charge in [-0.1, -0.05) is 25.2 Å². The van der Waals surface area contributed by atoms with Crippen molar-refractivity contribution in [1.29, 1.82) is 0 Å². The van der Waals surface area contributed by atoms with Crippen LogP contribution >= 0.6 is 11.3 Å². The van der Waals surface area contributed by atoms with E-state index in [9.17, 15) is 4.79 Å². The quantitative estimate of drug-likeness (QED) is 0.841. The van der Waals surface area contributed by atoms with Gasteiger partial charge in [0.05, 0.1) is 0 Å². The molecule has 1 amide bonds. The van der Waals surface area contributed by atoms with Crippen molar-refractivity contribution >= 4 is 22.4 Å². The average Bonchev–Trinajstić information content (AvgIpc) is 2.46. The summed E-state index contributed by atoms with van der Waals surface area (Å²) in [6.45, 7) is 7.88. The van der Waals surface area contributed by atoms with E-state index in [0.29, 0.717) is 11.0 Å². The van der Waals surface area contributed by atoms with Crippen LogP contribution in [0.4, 0.5) is 5.13 Å². The molecule has 0 atom stereocenters. The Balaban J connectivity index is 2.52. The Bertz CT molecular complexity index is 381. The second-order valence-electron chi connectivity index (χ2n) is 5.31. The van der Waals surface area contributed by atoms with Crippen molar-refractivity contribution in [3.63, 3.8) is 0 Å². The topological polar surface area (TPSA) is 80.9 Å². The lowest BCUT2D eigenvalue weighted by atomic mass is 10.0. The van der Waals surface area contributed by atoms with Gasteiger partial charge in [-0.2, -0.15) is 0 Å². The molecule has 0 aliphatic heterocycles. The summed E-state index contributed by atoms with van der Waals surface area (Å²) in [5.74, 6) is 0.416. The number of hydrogen-bond donors (Lipinski definition) is 2. The molecule has 17 heavy (non-hydrogen) atoms. The number of anilines is 1. The predicted octanol–water partition coefficient (Wildman–Crippen LogP) is 1.80. The van der Waals surface area contributed by atoms with Crippen LogP contribution < -0.4 is 11.1 Å². The van der Waals surface area contributed by atoms with Gasteiger partial charge in [0.2, 0.25) is 11.0 Å². The standard InChI is InChI=1S/C11H20N4OS/c1-7(2)5-9-14-15-10(17-9)13-8(16)6-11(3,4)12/h7H,5-6,12H2,1-4H3,(H,13,15,16). The van der Waals surface area contributed by atoms with E-state index in [4.69, 9.17) is 5.73 Å². The second kappa shape index (κ2) is 5.55. The molecule has 0 aliphatic carbocycles. The summed E-state index contributed by atoms with van der Waals surface area (Å²) in [5.41, 5.74) is 5.26. The molecular formula is C11H20N4OS. The fraction of sp³-hybridized carbons (Fsp3) is 0.727. The third kappa shape index (κ3) is 5.74. The summed E-state index contributed by atoms with van der Waals surface area (Å²) in [6, 6.07) is 0. The summed E-state index contributed by atoms with van der Waals surface area (Å²) in [7, 11) is 0. The molecule has 0 spiro atoms. The number of amides is 1. The van der Waals surface area contributed by atoms with Gasteiger partial charge in [-0.25, -0.2) is 0 Å². The molecule has 5 nitrogen and oxygen atoms in total. The molecule has 3 N–H and O–H groups in total. The minimum absolute atomic E-state index is 0.121. The van der Waals surface area contributed by atoms with E-state index >= 15 is 0 Å². The van der Waals surface area contributed by atoms with Crippen molar-refractivity contribution in [3.8, 4) is 0 Å². The van der Waals surface area contributed by atoms with Gasteiger partial charge < -0.3 is 11.1 Å². The number of nitrogens with one attached hydrogen (secondary N) is 1. The first-order valence-electron chi connectivity index (χ1n) is 5.67. The molecular weight excluding hydrogens is 236 g/mol. The lowest BCUT2D eigenvalue weighted by molar-refractivity contribution is -0.117. The molecule has 0 saturated heterocycles. The summed E-state index contributed by atoms with van der Waals surface area (Å²) < 4.78 is 0. The minimum atomic E-state index is -0.504. The summed E-state index contributed by atoms with van der Waals surface area (Å²) in [6.07, 6.45) is 1.15. The molecule has 0 radical (unpaired) electrons.